The molecule has 1 unspecified atom stereocenters. The fourth-order valence-electron chi connectivity index (χ4n) is 2.14. The molecule has 19 heavy (non-hydrogen) atoms. The molecule has 0 spiro atoms. The number of nitrogens with zero attached hydrogens (tertiary/aromatic N) is 3. The van der Waals surface area contributed by atoms with E-state index in [0.717, 1.165) is 6.54 Å². The van der Waals surface area contributed by atoms with Gasteiger partial charge in [0.25, 0.3) is 0 Å². The van der Waals surface area contributed by atoms with E-state index in [4.69, 9.17) is 9.47 Å². The van der Waals surface area contributed by atoms with Gasteiger partial charge >= 0.3 is 0 Å². The summed E-state index contributed by atoms with van der Waals surface area (Å²) in [5.41, 5.74) is 0. The Labute approximate surface area is 112 Å². The molecule has 2 rings (SSSR count). The minimum atomic E-state index is -0.105. The van der Waals surface area contributed by atoms with E-state index in [1.165, 1.54) is 6.33 Å². The summed E-state index contributed by atoms with van der Waals surface area (Å²) in [6.07, 6.45) is 1.50. The van der Waals surface area contributed by atoms with Gasteiger partial charge in [-0.1, -0.05) is 0 Å². The van der Waals surface area contributed by atoms with E-state index in [1.54, 1.807) is 7.11 Å². The lowest BCUT2D eigenvalue weighted by molar-refractivity contribution is 0.0720. The molecule has 0 bridgehead atoms. The van der Waals surface area contributed by atoms with Gasteiger partial charge in [-0.25, -0.2) is 9.97 Å². The van der Waals surface area contributed by atoms with Crippen molar-refractivity contribution in [2.75, 3.05) is 50.2 Å². The molecule has 106 valence electrons. The Morgan fingerprint density at radius 2 is 2.42 bits per heavy atom. The summed E-state index contributed by atoms with van der Waals surface area (Å²) >= 11 is 0. The molecule has 1 fully saturated rings. The second kappa shape index (κ2) is 6.53. The average Bonchev–Trinajstić information content (AvgIpc) is 2.47. The van der Waals surface area contributed by atoms with Gasteiger partial charge in [-0.3, -0.25) is 0 Å². The first-order valence-corrected chi connectivity index (χ1v) is 6.39. The molecule has 0 aliphatic carbocycles. The Kier molecular flexibility index (Phi) is 4.75. The van der Waals surface area contributed by atoms with E-state index >= 15 is 0 Å². The van der Waals surface area contributed by atoms with Gasteiger partial charge < -0.3 is 24.8 Å². The Balaban J connectivity index is 2.34. The number of aliphatic hydroxyl groups excluding tert-OH is 1. The van der Waals surface area contributed by atoms with Crippen molar-refractivity contribution in [1.29, 1.82) is 0 Å². The molecule has 2 heterocycles. The molecule has 2 N–H and O–H groups in total. The number of hydrogen-bond acceptors (Lipinski definition) is 7. The summed E-state index contributed by atoms with van der Waals surface area (Å²) in [6, 6.07) is -0.105. The summed E-state index contributed by atoms with van der Waals surface area (Å²) in [5, 5.41) is 12.6. The largest absolute Gasteiger partial charge is 0.490 e. The zero-order chi connectivity index (χ0) is 13.7. The van der Waals surface area contributed by atoms with Gasteiger partial charge in [0.2, 0.25) is 5.75 Å². The highest BCUT2D eigenvalue weighted by Crippen LogP contribution is 2.33. The fourth-order valence-corrected chi connectivity index (χ4v) is 2.14. The van der Waals surface area contributed by atoms with Crippen LogP contribution in [0.5, 0.6) is 5.75 Å². The van der Waals surface area contributed by atoms with Crippen LogP contribution in [-0.4, -0.2) is 61.1 Å². The van der Waals surface area contributed by atoms with Gasteiger partial charge in [-0.15, -0.1) is 0 Å². The van der Waals surface area contributed by atoms with Crippen LogP contribution in [-0.2, 0) is 4.74 Å². The third-order valence-electron chi connectivity index (χ3n) is 3.04. The normalized spacial score (nSPS) is 19.3. The molecule has 1 aromatic heterocycles. The minimum absolute atomic E-state index is 0.0176. The summed E-state index contributed by atoms with van der Waals surface area (Å²) in [7, 11) is 1.59. The highest BCUT2D eigenvalue weighted by Gasteiger charge is 2.27. The van der Waals surface area contributed by atoms with Gasteiger partial charge in [0.05, 0.1) is 33.0 Å². The molecule has 0 amide bonds. The van der Waals surface area contributed by atoms with E-state index in [-0.39, 0.29) is 12.6 Å². The molecular weight excluding hydrogens is 248 g/mol. The Morgan fingerprint density at radius 1 is 1.58 bits per heavy atom. The van der Waals surface area contributed by atoms with E-state index in [1.807, 2.05) is 11.8 Å². The van der Waals surface area contributed by atoms with Crippen LogP contribution in [0.25, 0.3) is 0 Å². The summed E-state index contributed by atoms with van der Waals surface area (Å²) in [4.78, 5) is 10.5. The molecule has 1 atom stereocenters. The zero-order valence-electron chi connectivity index (χ0n) is 11.3. The topological polar surface area (TPSA) is 79.7 Å². The first-order valence-electron chi connectivity index (χ1n) is 6.39. The van der Waals surface area contributed by atoms with Crippen LogP contribution in [0.1, 0.15) is 6.92 Å². The third-order valence-corrected chi connectivity index (χ3v) is 3.04. The molecule has 1 aliphatic heterocycles. The van der Waals surface area contributed by atoms with Crippen LogP contribution in [0.2, 0.25) is 0 Å². The van der Waals surface area contributed by atoms with Crippen molar-refractivity contribution in [3.63, 3.8) is 0 Å². The Hall–Kier alpha value is -1.60. The number of aromatic nitrogens is 2. The highest BCUT2D eigenvalue weighted by molar-refractivity contribution is 5.65. The Bertz CT molecular complexity index is 416. The maximum atomic E-state index is 9.44. The van der Waals surface area contributed by atoms with Crippen LogP contribution in [0, 0.1) is 0 Å². The number of methoxy groups -OCH3 is 1. The molecule has 7 heteroatoms. The van der Waals surface area contributed by atoms with Crippen LogP contribution in [0.3, 0.4) is 0 Å². The molecular formula is C12H20N4O3. The second-order valence-electron chi connectivity index (χ2n) is 4.21. The van der Waals surface area contributed by atoms with Gasteiger partial charge in [0.15, 0.2) is 11.6 Å². The number of morpholine rings is 1. The SMILES string of the molecule is CCNc1ncnc(N2CCOCC2CO)c1OC. The van der Waals surface area contributed by atoms with E-state index in [0.29, 0.717) is 37.1 Å². The smallest absolute Gasteiger partial charge is 0.204 e. The van der Waals surface area contributed by atoms with Crippen molar-refractivity contribution in [2.45, 2.75) is 13.0 Å². The number of aliphatic hydroxyl groups is 1. The van der Waals surface area contributed by atoms with Gasteiger partial charge in [0, 0.05) is 13.1 Å². The summed E-state index contributed by atoms with van der Waals surface area (Å²) in [5.74, 6) is 1.96. The lowest BCUT2D eigenvalue weighted by atomic mass is 10.2. The standard InChI is InChI=1S/C12H20N4O3/c1-3-13-11-10(18-2)12(15-8-14-11)16-4-5-19-7-9(16)6-17/h8-9,17H,3-7H2,1-2H3,(H,13,14,15). The van der Waals surface area contributed by atoms with E-state index in [2.05, 4.69) is 15.3 Å². The van der Waals surface area contributed by atoms with Crippen LogP contribution >= 0.6 is 0 Å². The monoisotopic (exact) mass is 268 g/mol. The first-order chi connectivity index (χ1) is 9.31. The van der Waals surface area contributed by atoms with E-state index in [9.17, 15) is 5.11 Å². The van der Waals surface area contributed by atoms with Crippen molar-refractivity contribution < 1.29 is 14.6 Å². The van der Waals surface area contributed by atoms with Crippen LogP contribution in [0.4, 0.5) is 11.6 Å². The number of nitrogens with one attached hydrogen (secondary N) is 1. The van der Waals surface area contributed by atoms with Crippen molar-refractivity contribution in [1.82, 2.24) is 9.97 Å². The molecule has 1 aliphatic rings. The lowest BCUT2D eigenvalue weighted by Gasteiger charge is -2.36. The molecule has 1 aromatic rings. The number of hydrogen-bond donors (Lipinski definition) is 2. The third kappa shape index (κ3) is 2.87. The summed E-state index contributed by atoms with van der Waals surface area (Å²) < 4.78 is 10.8. The molecule has 0 radical (unpaired) electrons. The highest BCUT2D eigenvalue weighted by atomic mass is 16.5. The van der Waals surface area contributed by atoms with Crippen molar-refractivity contribution >= 4 is 11.6 Å². The maximum absolute atomic E-state index is 9.44. The number of anilines is 2. The van der Waals surface area contributed by atoms with E-state index < -0.39 is 0 Å². The first kappa shape index (κ1) is 13.8. The number of rotatable bonds is 5. The maximum Gasteiger partial charge on any atom is 0.204 e. The predicted molar refractivity (Wildman–Crippen MR) is 71.8 cm³/mol. The molecule has 7 nitrogen and oxygen atoms in total. The zero-order valence-corrected chi connectivity index (χ0v) is 11.3. The molecule has 0 saturated carbocycles. The molecule has 0 aromatic carbocycles. The number of ether oxygens (including phenoxy) is 2. The van der Waals surface area contributed by atoms with Gasteiger partial charge in [0.1, 0.15) is 6.33 Å². The van der Waals surface area contributed by atoms with Crippen molar-refractivity contribution in [2.24, 2.45) is 0 Å². The fraction of sp³-hybridized carbons (Fsp3) is 0.667. The Morgan fingerprint density at radius 3 is 3.11 bits per heavy atom. The quantitative estimate of drug-likeness (QED) is 0.784. The van der Waals surface area contributed by atoms with Crippen molar-refractivity contribution in [3.8, 4) is 5.75 Å². The van der Waals surface area contributed by atoms with Crippen LogP contribution in [0.15, 0.2) is 6.33 Å². The second-order valence-corrected chi connectivity index (χ2v) is 4.21. The lowest BCUT2D eigenvalue weighted by Crippen LogP contribution is -2.48. The van der Waals surface area contributed by atoms with Crippen molar-refractivity contribution in [3.05, 3.63) is 6.33 Å². The summed E-state index contributed by atoms with van der Waals surface area (Å²) in [6.45, 7) is 4.53. The average molecular weight is 268 g/mol. The van der Waals surface area contributed by atoms with Crippen LogP contribution < -0.4 is 15.0 Å². The minimum Gasteiger partial charge on any atom is -0.490 e. The molecule has 1 saturated heterocycles. The predicted octanol–water partition coefficient (Wildman–Crippen LogP) is 0.114. The van der Waals surface area contributed by atoms with Gasteiger partial charge in [-0.05, 0) is 6.92 Å². The van der Waals surface area contributed by atoms with Gasteiger partial charge in [-0.2, -0.15) is 0 Å².